The fourth-order valence-corrected chi connectivity index (χ4v) is 5.43. The van der Waals surface area contributed by atoms with Crippen molar-refractivity contribution < 1.29 is 13.2 Å². The molecule has 2 atom stereocenters. The molecule has 1 heterocycles. The zero-order valence-electron chi connectivity index (χ0n) is 16.0. The van der Waals surface area contributed by atoms with Crippen LogP contribution in [0.25, 0.3) is 0 Å². The first-order valence-corrected chi connectivity index (χ1v) is 11.7. The van der Waals surface area contributed by atoms with Gasteiger partial charge in [-0.3, -0.25) is 0 Å². The molecule has 7 heteroatoms. The summed E-state index contributed by atoms with van der Waals surface area (Å²) in [6.45, 7) is 1.85. The maximum atomic E-state index is 13.3. The van der Waals surface area contributed by atoms with Crippen molar-refractivity contribution in [3.05, 3.63) is 52.5 Å². The lowest BCUT2D eigenvalue weighted by atomic mass is 9.75. The summed E-state index contributed by atoms with van der Waals surface area (Å²) in [5.41, 5.74) is 0.779. The first kappa shape index (κ1) is 20.9. The molecule has 0 bridgehead atoms. The summed E-state index contributed by atoms with van der Waals surface area (Å²) in [6.07, 6.45) is 1.90. The van der Waals surface area contributed by atoms with Crippen LogP contribution in [0.5, 0.6) is 0 Å². The Bertz CT molecular complexity index is 841. The molecule has 2 aromatic carbocycles. The lowest BCUT2D eigenvalue weighted by molar-refractivity contribution is -0.137. The highest BCUT2D eigenvalue weighted by Crippen LogP contribution is 2.42. The van der Waals surface area contributed by atoms with Gasteiger partial charge >= 0.3 is 6.18 Å². The molecule has 0 amide bonds. The first-order valence-electron chi connectivity index (χ1n) is 10.0. The minimum absolute atomic E-state index is 0.530. The number of rotatable bonds is 4. The Labute approximate surface area is 182 Å². The average Bonchev–Trinajstić information content (AvgIpc) is 2.72. The molecule has 1 N–H and O–H groups in total. The molecule has 0 radical (unpaired) electrons. The third kappa shape index (κ3) is 5.05. The molecule has 1 aliphatic heterocycles. The average molecular weight is 485 g/mol. The topological polar surface area (TPSA) is 15.3 Å². The van der Waals surface area contributed by atoms with E-state index >= 15 is 0 Å². The Hall–Kier alpha value is -1.34. The predicted octanol–water partition coefficient (Wildman–Crippen LogP) is 7.60. The number of alkyl halides is 3. The third-order valence-corrected chi connectivity index (χ3v) is 7.41. The first-order chi connectivity index (χ1) is 13.9. The molecule has 2 aromatic rings. The van der Waals surface area contributed by atoms with E-state index in [9.17, 15) is 13.2 Å². The van der Waals surface area contributed by atoms with Crippen molar-refractivity contribution >= 4 is 39.3 Å². The van der Waals surface area contributed by atoms with E-state index < -0.39 is 11.7 Å². The van der Waals surface area contributed by atoms with E-state index in [4.69, 9.17) is 0 Å². The fourth-order valence-electron chi connectivity index (χ4n) is 4.51. The lowest BCUT2D eigenvalue weighted by Gasteiger charge is -2.43. The largest absolute Gasteiger partial charge is 0.416 e. The Balaban J connectivity index is 1.57. The predicted molar refractivity (Wildman–Crippen MR) is 117 cm³/mol. The highest BCUT2D eigenvalue weighted by Gasteiger charge is 2.34. The second-order valence-corrected chi connectivity index (χ2v) is 9.72. The number of nitrogens with one attached hydrogen (secondary N) is 1. The molecule has 0 spiro atoms. The lowest BCUT2D eigenvalue weighted by Crippen LogP contribution is -2.42. The number of fused-ring (bicyclic) bond motifs is 1. The second kappa shape index (κ2) is 8.80. The number of halogens is 4. The van der Waals surface area contributed by atoms with Crippen LogP contribution in [0.3, 0.4) is 0 Å². The standard InChI is InChI=1S/C22H24BrF3N2S/c23-18-6-8-19(9-7-18)29-27-20-13-17(22(24,25)26)5-10-21(20)28-12-11-15-3-1-2-4-16(15)14-28/h5-10,13,15-16,27H,1-4,11-12,14H2. The summed E-state index contributed by atoms with van der Waals surface area (Å²) in [5, 5.41) is 0. The van der Waals surface area contributed by atoms with Crippen LogP contribution >= 0.6 is 27.9 Å². The normalized spacial score (nSPS) is 22.3. The van der Waals surface area contributed by atoms with E-state index in [1.807, 2.05) is 24.3 Å². The highest BCUT2D eigenvalue weighted by molar-refractivity contribution is 9.10. The van der Waals surface area contributed by atoms with Gasteiger partial charge in [0.1, 0.15) is 0 Å². The number of hydrogen-bond donors (Lipinski definition) is 1. The van der Waals surface area contributed by atoms with Gasteiger partial charge in [0, 0.05) is 22.5 Å². The van der Waals surface area contributed by atoms with Gasteiger partial charge in [-0.25, -0.2) is 0 Å². The van der Waals surface area contributed by atoms with Gasteiger partial charge in [-0.05, 0) is 79.1 Å². The molecule has 2 unspecified atom stereocenters. The molecule has 1 saturated carbocycles. The molecule has 0 aromatic heterocycles. The zero-order valence-corrected chi connectivity index (χ0v) is 18.4. The van der Waals surface area contributed by atoms with Gasteiger partial charge < -0.3 is 9.62 Å². The van der Waals surface area contributed by atoms with Gasteiger partial charge in [0.2, 0.25) is 0 Å². The van der Waals surface area contributed by atoms with E-state index in [-0.39, 0.29) is 0 Å². The van der Waals surface area contributed by atoms with Crippen LogP contribution in [0, 0.1) is 11.8 Å². The van der Waals surface area contributed by atoms with E-state index in [0.717, 1.165) is 40.5 Å². The molecular formula is C22H24BrF3N2S. The third-order valence-electron chi connectivity index (χ3n) is 6.05. The summed E-state index contributed by atoms with van der Waals surface area (Å²) in [4.78, 5) is 3.22. The van der Waals surface area contributed by atoms with Crippen molar-refractivity contribution in [2.45, 2.75) is 43.2 Å². The van der Waals surface area contributed by atoms with Crippen molar-refractivity contribution in [3.63, 3.8) is 0 Å². The summed E-state index contributed by atoms with van der Waals surface area (Å²) in [7, 11) is 0. The molecule has 2 aliphatic rings. The molecule has 156 valence electrons. The van der Waals surface area contributed by atoms with Gasteiger partial charge in [0.15, 0.2) is 0 Å². The van der Waals surface area contributed by atoms with E-state index in [2.05, 4.69) is 25.6 Å². The van der Waals surface area contributed by atoms with Crippen LogP contribution in [0.2, 0.25) is 0 Å². The number of hydrogen-bond acceptors (Lipinski definition) is 3. The van der Waals surface area contributed by atoms with E-state index in [0.29, 0.717) is 11.6 Å². The Morgan fingerprint density at radius 1 is 0.966 bits per heavy atom. The van der Waals surface area contributed by atoms with Crippen molar-refractivity contribution in [1.29, 1.82) is 0 Å². The van der Waals surface area contributed by atoms with Crippen molar-refractivity contribution in [3.8, 4) is 0 Å². The van der Waals surface area contributed by atoms with Gasteiger partial charge in [0.25, 0.3) is 0 Å². The van der Waals surface area contributed by atoms with Gasteiger partial charge in [-0.15, -0.1) is 0 Å². The summed E-state index contributed by atoms with van der Waals surface area (Å²) in [6, 6.07) is 11.8. The molecular weight excluding hydrogens is 461 g/mol. The van der Waals surface area contributed by atoms with Crippen LogP contribution in [0.15, 0.2) is 51.8 Å². The van der Waals surface area contributed by atoms with Crippen LogP contribution < -0.4 is 9.62 Å². The number of anilines is 2. The van der Waals surface area contributed by atoms with Gasteiger partial charge in [-0.2, -0.15) is 13.2 Å². The van der Waals surface area contributed by atoms with Crippen molar-refractivity contribution in [1.82, 2.24) is 0 Å². The van der Waals surface area contributed by atoms with Crippen LogP contribution in [-0.2, 0) is 6.18 Å². The molecule has 1 aliphatic carbocycles. The maximum Gasteiger partial charge on any atom is 0.416 e. The van der Waals surface area contributed by atoms with Crippen molar-refractivity contribution in [2.75, 3.05) is 22.7 Å². The van der Waals surface area contributed by atoms with Crippen LogP contribution in [0.4, 0.5) is 24.5 Å². The molecule has 4 rings (SSSR count). The molecule has 2 fully saturated rings. The summed E-state index contributed by atoms with van der Waals surface area (Å²) >= 11 is 4.74. The van der Waals surface area contributed by atoms with E-state index in [1.54, 1.807) is 6.07 Å². The maximum absolute atomic E-state index is 13.3. The minimum atomic E-state index is -4.35. The fraction of sp³-hybridized carbons (Fsp3) is 0.455. The van der Waals surface area contributed by atoms with Crippen LogP contribution in [-0.4, -0.2) is 13.1 Å². The number of piperidine rings is 1. The second-order valence-electron chi connectivity index (χ2n) is 7.93. The quantitative estimate of drug-likeness (QED) is 0.449. The van der Waals surface area contributed by atoms with Gasteiger partial charge in [-0.1, -0.05) is 35.2 Å². The van der Waals surface area contributed by atoms with Crippen molar-refractivity contribution in [2.24, 2.45) is 11.8 Å². The monoisotopic (exact) mass is 484 g/mol. The van der Waals surface area contributed by atoms with Gasteiger partial charge in [0.05, 0.1) is 16.9 Å². The smallest absolute Gasteiger partial charge is 0.370 e. The molecule has 29 heavy (non-hydrogen) atoms. The number of benzene rings is 2. The zero-order chi connectivity index (χ0) is 20.4. The highest BCUT2D eigenvalue weighted by atomic mass is 79.9. The number of nitrogens with zero attached hydrogens (tertiary/aromatic N) is 1. The minimum Gasteiger partial charge on any atom is -0.370 e. The SMILES string of the molecule is FC(F)(F)c1ccc(N2CCC3CCCCC3C2)c(NSc2ccc(Br)cc2)c1. The van der Waals surface area contributed by atoms with E-state index in [1.165, 1.54) is 49.8 Å². The molecule has 1 saturated heterocycles. The molecule has 2 nitrogen and oxygen atoms in total. The summed E-state index contributed by atoms with van der Waals surface area (Å²) in [5.74, 6) is 1.44. The summed E-state index contributed by atoms with van der Waals surface area (Å²) < 4.78 is 44.1. The Kier molecular flexibility index (Phi) is 6.35. The Morgan fingerprint density at radius 2 is 1.69 bits per heavy atom. The van der Waals surface area contributed by atoms with Crippen LogP contribution in [0.1, 0.15) is 37.7 Å². The Morgan fingerprint density at radius 3 is 2.41 bits per heavy atom.